The van der Waals surface area contributed by atoms with E-state index < -0.39 is 9.84 Å². The number of sulfone groups is 1. The third-order valence-corrected chi connectivity index (χ3v) is 6.08. The van der Waals surface area contributed by atoms with Gasteiger partial charge in [-0.05, 0) is 41.5 Å². The molecule has 26 heavy (non-hydrogen) atoms. The number of benzene rings is 1. The van der Waals surface area contributed by atoms with Gasteiger partial charge in [0.05, 0.1) is 9.90 Å². The molecule has 0 bridgehead atoms. The third-order valence-electron chi connectivity index (χ3n) is 3.85. The van der Waals surface area contributed by atoms with Crippen molar-refractivity contribution in [1.82, 2.24) is 4.98 Å². The maximum absolute atomic E-state index is 11.7. The van der Waals surface area contributed by atoms with E-state index in [0.717, 1.165) is 26.6 Å². The fraction of sp³-hybridized carbons (Fsp3) is 0.158. The molecular weight excluding hydrogens is 368 g/mol. The first kappa shape index (κ1) is 18.3. The lowest BCUT2D eigenvalue weighted by atomic mass is 10.0. The summed E-state index contributed by atoms with van der Waals surface area (Å²) in [4.78, 5) is 17.1. The number of nitrogens with one attached hydrogen (secondary N) is 1. The summed E-state index contributed by atoms with van der Waals surface area (Å²) < 4.78 is 23.4. The van der Waals surface area contributed by atoms with Crippen LogP contribution < -0.4 is 5.32 Å². The number of aromatic nitrogens is 1. The van der Waals surface area contributed by atoms with Crippen LogP contribution in [0.4, 0.5) is 5.00 Å². The summed E-state index contributed by atoms with van der Waals surface area (Å²) in [5.41, 5.74) is 2.81. The molecule has 134 valence electrons. The standard InChI is InChI=1S/C19H18N2O3S2/c1-3-17(22)21-18-12-16(19(25-18)14-8-10-20-11-9-14)13-4-6-15(7-5-13)26(2,23)24/h4-12H,3H2,1-2H3,(H,21,22). The zero-order valence-electron chi connectivity index (χ0n) is 14.4. The van der Waals surface area contributed by atoms with Gasteiger partial charge in [-0.2, -0.15) is 0 Å². The van der Waals surface area contributed by atoms with Crippen LogP contribution in [0.15, 0.2) is 59.8 Å². The van der Waals surface area contributed by atoms with Crippen LogP contribution in [-0.4, -0.2) is 25.6 Å². The minimum Gasteiger partial charge on any atom is -0.318 e. The maximum Gasteiger partial charge on any atom is 0.224 e. The molecule has 0 saturated heterocycles. The van der Waals surface area contributed by atoms with Crippen LogP contribution in [-0.2, 0) is 14.6 Å². The van der Waals surface area contributed by atoms with Gasteiger partial charge in [0, 0.05) is 35.5 Å². The summed E-state index contributed by atoms with van der Waals surface area (Å²) >= 11 is 1.48. The number of rotatable bonds is 5. The summed E-state index contributed by atoms with van der Waals surface area (Å²) in [5.74, 6) is -0.0495. The second kappa shape index (κ2) is 7.39. The predicted molar refractivity (Wildman–Crippen MR) is 105 cm³/mol. The molecule has 0 atom stereocenters. The Bertz CT molecular complexity index is 1020. The highest BCUT2D eigenvalue weighted by Crippen LogP contribution is 2.41. The van der Waals surface area contributed by atoms with E-state index in [1.54, 1.807) is 43.6 Å². The minimum atomic E-state index is -3.24. The monoisotopic (exact) mass is 386 g/mol. The number of thiophene rings is 1. The van der Waals surface area contributed by atoms with E-state index in [0.29, 0.717) is 6.42 Å². The van der Waals surface area contributed by atoms with Crippen molar-refractivity contribution in [2.45, 2.75) is 18.2 Å². The van der Waals surface area contributed by atoms with Crippen molar-refractivity contribution in [3.8, 4) is 21.6 Å². The number of anilines is 1. The Balaban J connectivity index is 2.08. The Morgan fingerprint density at radius 3 is 2.31 bits per heavy atom. The average Bonchev–Trinajstić information content (AvgIpc) is 3.05. The van der Waals surface area contributed by atoms with Gasteiger partial charge in [-0.3, -0.25) is 9.78 Å². The summed E-state index contributed by atoms with van der Waals surface area (Å²) in [5, 5.41) is 3.65. The van der Waals surface area contributed by atoms with Crippen LogP contribution in [0.1, 0.15) is 13.3 Å². The molecule has 3 rings (SSSR count). The third kappa shape index (κ3) is 4.00. The molecule has 2 heterocycles. The normalized spacial score (nSPS) is 11.3. The van der Waals surface area contributed by atoms with Crippen molar-refractivity contribution >= 4 is 32.1 Å². The molecule has 1 N–H and O–H groups in total. The van der Waals surface area contributed by atoms with E-state index >= 15 is 0 Å². The summed E-state index contributed by atoms with van der Waals surface area (Å²) in [6.45, 7) is 1.80. The summed E-state index contributed by atoms with van der Waals surface area (Å²) in [6.07, 6.45) is 5.03. The summed E-state index contributed by atoms with van der Waals surface area (Å²) in [6, 6.07) is 12.5. The lowest BCUT2D eigenvalue weighted by Gasteiger charge is -2.05. The molecule has 0 saturated carbocycles. The first-order valence-electron chi connectivity index (χ1n) is 8.03. The van der Waals surface area contributed by atoms with Gasteiger partial charge >= 0.3 is 0 Å². The van der Waals surface area contributed by atoms with Gasteiger partial charge < -0.3 is 5.32 Å². The second-order valence-electron chi connectivity index (χ2n) is 5.79. The number of nitrogens with zero attached hydrogens (tertiary/aromatic N) is 1. The van der Waals surface area contributed by atoms with Gasteiger partial charge in [-0.1, -0.05) is 19.1 Å². The Kier molecular flexibility index (Phi) is 5.20. The van der Waals surface area contributed by atoms with E-state index in [-0.39, 0.29) is 10.8 Å². The van der Waals surface area contributed by atoms with Crippen LogP contribution in [0.5, 0.6) is 0 Å². The molecule has 0 radical (unpaired) electrons. The maximum atomic E-state index is 11.7. The smallest absolute Gasteiger partial charge is 0.224 e. The molecule has 3 aromatic rings. The van der Waals surface area contributed by atoms with Crippen LogP contribution in [0.2, 0.25) is 0 Å². The molecule has 5 nitrogen and oxygen atoms in total. The molecule has 0 fully saturated rings. The highest BCUT2D eigenvalue weighted by molar-refractivity contribution is 7.90. The van der Waals surface area contributed by atoms with Crippen LogP contribution in [0, 0.1) is 0 Å². The zero-order valence-corrected chi connectivity index (χ0v) is 16.0. The molecule has 2 aromatic heterocycles. The number of carbonyl (C=O) groups excluding carboxylic acids is 1. The lowest BCUT2D eigenvalue weighted by Crippen LogP contribution is -2.07. The van der Waals surface area contributed by atoms with Crippen molar-refractivity contribution in [3.05, 3.63) is 54.9 Å². The number of carbonyl (C=O) groups is 1. The molecule has 0 aliphatic heterocycles. The highest BCUT2D eigenvalue weighted by Gasteiger charge is 2.15. The Morgan fingerprint density at radius 2 is 1.73 bits per heavy atom. The second-order valence-corrected chi connectivity index (χ2v) is 8.86. The number of pyridine rings is 1. The van der Waals surface area contributed by atoms with Gasteiger partial charge in [-0.25, -0.2) is 8.42 Å². The molecule has 0 unspecified atom stereocenters. The van der Waals surface area contributed by atoms with Crippen LogP contribution in [0.25, 0.3) is 21.6 Å². The predicted octanol–water partition coefficient (Wildman–Crippen LogP) is 4.23. The van der Waals surface area contributed by atoms with Crippen molar-refractivity contribution in [3.63, 3.8) is 0 Å². The van der Waals surface area contributed by atoms with E-state index in [1.165, 1.54) is 17.6 Å². The van der Waals surface area contributed by atoms with Gasteiger partial charge in [0.1, 0.15) is 0 Å². The first-order valence-corrected chi connectivity index (χ1v) is 10.7. The molecule has 0 spiro atoms. The highest BCUT2D eigenvalue weighted by atomic mass is 32.2. The van der Waals surface area contributed by atoms with Crippen molar-refractivity contribution in [2.75, 3.05) is 11.6 Å². The summed E-state index contributed by atoms with van der Waals surface area (Å²) in [7, 11) is -3.24. The number of amides is 1. The lowest BCUT2D eigenvalue weighted by molar-refractivity contribution is -0.115. The average molecular weight is 386 g/mol. The van der Waals surface area contributed by atoms with E-state index in [2.05, 4.69) is 10.3 Å². The van der Waals surface area contributed by atoms with E-state index in [9.17, 15) is 13.2 Å². The Hall–Kier alpha value is -2.51. The molecule has 7 heteroatoms. The first-order chi connectivity index (χ1) is 12.4. The minimum absolute atomic E-state index is 0.0495. The Labute approximate surface area is 156 Å². The fourth-order valence-electron chi connectivity index (χ4n) is 2.49. The molecule has 1 aromatic carbocycles. The van der Waals surface area contributed by atoms with E-state index in [1.807, 2.05) is 18.2 Å². The largest absolute Gasteiger partial charge is 0.318 e. The number of hydrogen-bond acceptors (Lipinski definition) is 5. The van der Waals surface area contributed by atoms with Crippen molar-refractivity contribution in [1.29, 1.82) is 0 Å². The number of hydrogen-bond donors (Lipinski definition) is 1. The van der Waals surface area contributed by atoms with Gasteiger partial charge in [-0.15, -0.1) is 11.3 Å². The SMILES string of the molecule is CCC(=O)Nc1cc(-c2ccc(S(C)(=O)=O)cc2)c(-c2ccncc2)s1. The van der Waals surface area contributed by atoms with Crippen LogP contribution >= 0.6 is 11.3 Å². The molecule has 1 amide bonds. The fourth-order valence-corrected chi connectivity index (χ4v) is 4.22. The molecule has 0 aliphatic carbocycles. The van der Waals surface area contributed by atoms with Crippen molar-refractivity contribution < 1.29 is 13.2 Å². The molecule has 0 aliphatic rings. The van der Waals surface area contributed by atoms with Crippen molar-refractivity contribution in [2.24, 2.45) is 0 Å². The van der Waals surface area contributed by atoms with Crippen LogP contribution in [0.3, 0.4) is 0 Å². The van der Waals surface area contributed by atoms with E-state index in [4.69, 9.17) is 0 Å². The Morgan fingerprint density at radius 1 is 1.08 bits per heavy atom. The van der Waals surface area contributed by atoms with Gasteiger partial charge in [0.15, 0.2) is 9.84 Å². The zero-order chi connectivity index (χ0) is 18.7. The quantitative estimate of drug-likeness (QED) is 0.712. The topological polar surface area (TPSA) is 76.1 Å². The van der Waals surface area contributed by atoms with Gasteiger partial charge in [0.2, 0.25) is 5.91 Å². The van der Waals surface area contributed by atoms with Gasteiger partial charge in [0.25, 0.3) is 0 Å². The molecular formula is C19H18N2O3S2.